The zero-order valence-corrected chi connectivity index (χ0v) is 15.5. The third kappa shape index (κ3) is 3.37. The molecule has 9 heteroatoms. The second-order valence-electron chi connectivity index (χ2n) is 7.30. The summed E-state index contributed by atoms with van der Waals surface area (Å²) < 4.78 is 43.0. The van der Waals surface area contributed by atoms with Crippen molar-refractivity contribution < 1.29 is 22.4 Å². The van der Waals surface area contributed by atoms with Gasteiger partial charge in [-0.1, -0.05) is 18.9 Å². The first-order chi connectivity index (χ1) is 12.9. The molecule has 0 spiro atoms. The Bertz CT molecular complexity index is 797. The average Bonchev–Trinajstić information content (AvgIpc) is 3.42. The number of carbonyl (C=O) groups is 1. The number of hydrogen-bond donors (Lipinski definition) is 0. The molecule has 1 saturated carbocycles. The molecule has 1 atom stereocenters. The molecule has 4 rings (SSSR count). The summed E-state index contributed by atoms with van der Waals surface area (Å²) in [4.78, 5) is 16.3. The van der Waals surface area contributed by atoms with Gasteiger partial charge in [0, 0.05) is 18.0 Å². The fourth-order valence-corrected chi connectivity index (χ4v) is 5.25. The van der Waals surface area contributed by atoms with E-state index in [1.807, 2.05) is 17.5 Å². The molecule has 27 heavy (non-hydrogen) atoms. The largest absolute Gasteiger partial charge is 0.470 e. The summed E-state index contributed by atoms with van der Waals surface area (Å²) in [5.74, 6) is -1.63. The minimum Gasteiger partial charge on any atom is -0.417 e. The standard InChI is InChI=1S/C18H20F3N3O2S/c19-18(20,21)15-23-22-14(26-15)12-5-3-9-24(11-12)16(25)17(7-1-2-8-17)13-6-4-10-27-13/h4,6,10,12H,1-3,5,7-9,11H2/t12-/m1/s1. The lowest BCUT2D eigenvalue weighted by Crippen LogP contribution is -2.48. The van der Waals surface area contributed by atoms with Crippen molar-refractivity contribution in [2.75, 3.05) is 13.1 Å². The average molecular weight is 399 g/mol. The van der Waals surface area contributed by atoms with Crippen LogP contribution in [-0.2, 0) is 16.4 Å². The molecule has 2 aromatic rings. The minimum atomic E-state index is -4.65. The van der Waals surface area contributed by atoms with Crippen molar-refractivity contribution in [3.05, 3.63) is 34.2 Å². The second-order valence-corrected chi connectivity index (χ2v) is 8.25. The molecule has 1 amide bonds. The van der Waals surface area contributed by atoms with E-state index in [0.717, 1.165) is 30.6 Å². The number of nitrogens with zero attached hydrogens (tertiary/aromatic N) is 3. The molecule has 1 aliphatic heterocycles. The first kappa shape index (κ1) is 18.5. The molecule has 2 fully saturated rings. The third-order valence-electron chi connectivity index (χ3n) is 5.60. The van der Waals surface area contributed by atoms with E-state index in [4.69, 9.17) is 4.42 Å². The molecule has 5 nitrogen and oxygen atoms in total. The highest BCUT2D eigenvalue weighted by atomic mass is 32.1. The number of hydrogen-bond acceptors (Lipinski definition) is 5. The maximum absolute atomic E-state index is 13.4. The summed E-state index contributed by atoms with van der Waals surface area (Å²) in [6.45, 7) is 0.939. The molecule has 0 N–H and O–H groups in total. The summed E-state index contributed by atoms with van der Waals surface area (Å²) in [5, 5.41) is 8.70. The zero-order chi connectivity index (χ0) is 19.1. The van der Waals surface area contributed by atoms with E-state index < -0.39 is 17.5 Å². The smallest absolute Gasteiger partial charge is 0.417 e. The van der Waals surface area contributed by atoms with Gasteiger partial charge in [-0.25, -0.2) is 0 Å². The second kappa shape index (κ2) is 6.92. The number of likely N-dealkylation sites (tertiary alicyclic amines) is 1. The molecule has 0 aromatic carbocycles. The highest BCUT2D eigenvalue weighted by molar-refractivity contribution is 7.10. The van der Waals surface area contributed by atoms with Crippen LogP contribution in [0.5, 0.6) is 0 Å². The lowest BCUT2D eigenvalue weighted by atomic mass is 9.82. The number of halogens is 3. The summed E-state index contributed by atoms with van der Waals surface area (Å²) in [7, 11) is 0. The van der Waals surface area contributed by atoms with Gasteiger partial charge in [-0.05, 0) is 37.1 Å². The van der Waals surface area contributed by atoms with Gasteiger partial charge in [-0.3, -0.25) is 4.79 Å². The number of alkyl halides is 3. The fourth-order valence-electron chi connectivity index (χ4n) is 4.28. The Morgan fingerprint density at radius 2 is 2.04 bits per heavy atom. The van der Waals surface area contributed by atoms with Crippen molar-refractivity contribution in [2.24, 2.45) is 0 Å². The van der Waals surface area contributed by atoms with Crippen molar-refractivity contribution in [3.8, 4) is 0 Å². The molecule has 1 aliphatic carbocycles. The van der Waals surface area contributed by atoms with Crippen LogP contribution in [0.3, 0.4) is 0 Å². The van der Waals surface area contributed by atoms with Crippen molar-refractivity contribution in [1.29, 1.82) is 0 Å². The van der Waals surface area contributed by atoms with Crippen molar-refractivity contribution in [3.63, 3.8) is 0 Å². The lowest BCUT2D eigenvalue weighted by molar-refractivity contribution is -0.158. The van der Waals surface area contributed by atoms with Gasteiger partial charge in [0.2, 0.25) is 11.8 Å². The lowest BCUT2D eigenvalue weighted by Gasteiger charge is -2.38. The summed E-state index contributed by atoms with van der Waals surface area (Å²) >= 11 is 1.60. The molecule has 146 valence electrons. The number of thiophene rings is 1. The van der Waals surface area contributed by atoms with Crippen LogP contribution < -0.4 is 0 Å². The van der Waals surface area contributed by atoms with Crippen LogP contribution in [0.15, 0.2) is 21.9 Å². The van der Waals surface area contributed by atoms with Crippen LogP contribution in [-0.4, -0.2) is 34.1 Å². The van der Waals surface area contributed by atoms with Crippen LogP contribution in [0.25, 0.3) is 0 Å². The Morgan fingerprint density at radius 3 is 2.67 bits per heavy atom. The molecular weight excluding hydrogens is 379 g/mol. The van der Waals surface area contributed by atoms with Gasteiger partial charge in [0.15, 0.2) is 0 Å². The zero-order valence-electron chi connectivity index (χ0n) is 14.7. The van der Waals surface area contributed by atoms with Gasteiger partial charge in [-0.2, -0.15) is 13.2 Å². The molecule has 3 heterocycles. The number of piperidine rings is 1. The van der Waals surface area contributed by atoms with Crippen molar-refractivity contribution in [1.82, 2.24) is 15.1 Å². The van der Waals surface area contributed by atoms with Gasteiger partial charge in [0.05, 0.1) is 11.3 Å². The SMILES string of the molecule is O=C(N1CCC[C@@H](c2nnc(C(F)(F)F)o2)C1)C1(c2cccs2)CCCC1. The Kier molecular flexibility index (Phi) is 4.73. The number of rotatable bonds is 3. The van der Waals surface area contributed by atoms with Gasteiger partial charge < -0.3 is 9.32 Å². The number of amides is 1. The molecule has 1 saturated heterocycles. The predicted molar refractivity (Wildman–Crippen MR) is 92.3 cm³/mol. The van der Waals surface area contributed by atoms with E-state index >= 15 is 0 Å². The first-order valence-corrected chi connectivity index (χ1v) is 10.0. The minimum absolute atomic E-state index is 0.0311. The topological polar surface area (TPSA) is 59.2 Å². The Labute approximate surface area is 158 Å². The molecule has 2 aromatic heterocycles. The van der Waals surface area contributed by atoms with E-state index in [0.29, 0.717) is 25.9 Å². The van der Waals surface area contributed by atoms with E-state index in [9.17, 15) is 18.0 Å². The van der Waals surface area contributed by atoms with Gasteiger partial charge >= 0.3 is 12.1 Å². The number of carbonyl (C=O) groups excluding carboxylic acids is 1. The van der Waals surface area contributed by atoms with Gasteiger partial charge in [-0.15, -0.1) is 21.5 Å². The van der Waals surface area contributed by atoms with Crippen LogP contribution >= 0.6 is 11.3 Å². The fraction of sp³-hybridized carbons (Fsp3) is 0.611. The Morgan fingerprint density at radius 1 is 1.26 bits per heavy atom. The monoisotopic (exact) mass is 399 g/mol. The van der Waals surface area contributed by atoms with Crippen LogP contribution in [0.1, 0.15) is 61.1 Å². The van der Waals surface area contributed by atoms with Crippen LogP contribution in [0.2, 0.25) is 0 Å². The first-order valence-electron chi connectivity index (χ1n) is 9.14. The highest BCUT2D eigenvalue weighted by Crippen LogP contribution is 2.45. The maximum atomic E-state index is 13.4. The summed E-state index contributed by atoms with van der Waals surface area (Å²) in [5.41, 5.74) is -0.484. The van der Waals surface area contributed by atoms with E-state index in [-0.39, 0.29) is 17.7 Å². The predicted octanol–water partition coefficient (Wildman–Crippen LogP) is 4.37. The van der Waals surface area contributed by atoms with E-state index in [2.05, 4.69) is 10.2 Å². The quantitative estimate of drug-likeness (QED) is 0.769. The highest BCUT2D eigenvalue weighted by Gasteiger charge is 2.47. The van der Waals surface area contributed by atoms with E-state index in [1.165, 1.54) is 0 Å². The third-order valence-corrected chi connectivity index (χ3v) is 6.67. The Balaban J connectivity index is 1.54. The molecule has 0 bridgehead atoms. The number of aromatic nitrogens is 2. The van der Waals surface area contributed by atoms with Gasteiger partial charge in [0.25, 0.3) is 0 Å². The summed E-state index contributed by atoms with van der Waals surface area (Å²) in [6.07, 6.45) is 0.371. The van der Waals surface area contributed by atoms with E-state index in [1.54, 1.807) is 16.2 Å². The molecule has 0 unspecified atom stereocenters. The van der Waals surface area contributed by atoms with Crippen LogP contribution in [0.4, 0.5) is 13.2 Å². The molecule has 0 radical (unpaired) electrons. The summed E-state index contributed by atoms with van der Waals surface area (Å²) in [6, 6.07) is 3.98. The maximum Gasteiger partial charge on any atom is 0.470 e. The van der Waals surface area contributed by atoms with Crippen LogP contribution in [0, 0.1) is 0 Å². The van der Waals surface area contributed by atoms with Crippen molar-refractivity contribution in [2.45, 2.75) is 56.0 Å². The van der Waals surface area contributed by atoms with Crippen molar-refractivity contribution >= 4 is 17.2 Å². The Hall–Kier alpha value is -1.90. The molecule has 2 aliphatic rings. The molecular formula is C18H20F3N3O2S. The van der Waals surface area contributed by atoms with Gasteiger partial charge in [0.1, 0.15) is 0 Å². The normalized spacial score (nSPS) is 22.9.